The molecular weight excluding hydrogens is 180 g/mol. The lowest BCUT2D eigenvalue weighted by Crippen LogP contribution is -2.22. The Morgan fingerprint density at radius 2 is 1.56 bits per heavy atom. The maximum atomic E-state index is 10.8. The molecule has 0 rings (SSSR count). The molecule has 0 spiro atoms. The molecule has 2 atom stereocenters. The van der Waals surface area contributed by atoms with Gasteiger partial charge in [0.05, 0.1) is 4.75 Å². The molecule has 0 aliphatic rings. The quantitative estimate of drug-likeness (QED) is 0.460. The predicted molar refractivity (Wildman–Crippen MR) is 41.9 cm³/mol. The maximum absolute atomic E-state index is 10.8. The van der Waals surface area contributed by atoms with E-state index < -0.39 is 23.6 Å². The normalized spacial score (nSPS) is 19.1. The van der Waals surface area contributed by atoms with Crippen molar-refractivity contribution >= 4 is 29.6 Å². The standard InChI is InChI=1S/C4H9ClO2S2/c1-4(2,3)8(6)9(5)7/h1-3H3. The zero-order valence-corrected chi connectivity index (χ0v) is 7.90. The van der Waals surface area contributed by atoms with Crippen LogP contribution in [-0.4, -0.2) is 13.2 Å². The predicted octanol–water partition coefficient (Wildman–Crippen LogP) is 1.35. The summed E-state index contributed by atoms with van der Waals surface area (Å²) < 4.78 is 20.7. The molecule has 56 valence electrons. The Morgan fingerprint density at radius 1 is 1.22 bits per heavy atom. The molecule has 0 aliphatic carbocycles. The average Bonchev–Trinajstić information content (AvgIpc) is 1.62. The molecule has 0 aromatic rings. The zero-order valence-electron chi connectivity index (χ0n) is 5.51. The van der Waals surface area contributed by atoms with Gasteiger partial charge in [-0.3, -0.25) is 0 Å². The third-order valence-corrected chi connectivity index (χ3v) is 5.10. The first-order valence-corrected chi connectivity index (χ1v) is 6.00. The summed E-state index contributed by atoms with van der Waals surface area (Å²) in [7, 11) is 1.90. The van der Waals surface area contributed by atoms with Crippen LogP contribution in [0.15, 0.2) is 0 Å². The van der Waals surface area contributed by atoms with Crippen molar-refractivity contribution < 1.29 is 8.42 Å². The summed E-state index contributed by atoms with van der Waals surface area (Å²) in [5, 5.41) is 0. The van der Waals surface area contributed by atoms with E-state index in [2.05, 4.69) is 0 Å². The fourth-order valence-corrected chi connectivity index (χ4v) is 3.47. The highest BCUT2D eigenvalue weighted by atomic mass is 35.7. The van der Waals surface area contributed by atoms with Crippen molar-refractivity contribution in [1.29, 1.82) is 0 Å². The minimum Gasteiger partial charge on any atom is -0.244 e. The molecule has 0 saturated carbocycles. The van der Waals surface area contributed by atoms with E-state index in [0.717, 1.165) is 0 Å². The third kappa shape index (κ3) is 3.33. The fourth-order valence-electron chi connectivity index (χ4n) is 0.197. The summed E-state index contributed by atoms with van der Waals surface area (Å²) in [5.41, 5.74) is 0. The summed E-state index contributed by atoms with van der Waals surface area (Å²) in [6.07, 6.45) is 0. The molecule has 0 N–H and O–H groups in total. The highest BCUT2D eigenvalue weighted by molar-refractivity contribution is 8.70. The van der Waals surface area contributed by atoms with Gasteiger partial charge in [0.25, 0.3) is 0 Å². The van der Waals surface area contributed by atoms with Gasteiger partial charge in [-0.15, -0.1) is 0 Å². The minimum atomic E-state index is -1.74. The number of rotatable bonds is 1. The van der Waals surface area contributed by atoms with Crippen molar-refractivity contribution in [2.24, 2.45) is 0 Å². The molecule has 0 radical (unpaired) electrons. The third-order valence-electron chi connectivity index (χ3n) is 0.619. The lowest BCUT2D eigenvalue weighted by molar-refractivity contribution is 0.655. The van der Waals surface area contributed by atoms with Crippen LogP contribution in [0.25, 0.3) is 0 Å². The zero-order chi connectivity index (χ0) is 7.65. The van der Waals surface area contributed by atoms with Crippen molar-refractivity contribution in [2.45, 2.75) is 25.5 Å². The Labute approximate surface area is 63.8 Å². The van der Waals surface area contributed by atoms with Crippen molar-refractivity contribution in [1.82, 2.24) is 0 Å². The summed E-state index contributed by atoms with van der Waals surface area (Å²) in [6, 6.07) is 0. The van der Waals surface area contributed by atoms with Crippen LogP contribution in [0.1, 0.15) is 20.8 Å². The Balaban J connectivity index is 4.23. The maximum Gasteiger partial charge on any atom is 0.206 e. The molecule has 0 aliphatic heterocycles. The molecule has 0 heterocycles. The molecule has 0 aromatic heterocycles. The van der Waals surface area contributed by atoms with Gasteiger partial charge in [0.15, 0.2) is 0 Å². The first-order valence-electron chi connectivity index (χ1n) is 2.36. The van der Waals surface area contributed by atoms with Crippen LogP contribution in [0.3, 0.4) is 0 Å². The van der Waals surface area contributed by atoms with Crippen LogP contribution in [0.2, 0.25) is 0 Å². The second kappa shape index (κ2) is 3.12. The first kappa shape index (κ1) is 9.59. The molecular formula is C4H9ClO2S2. The molecule has 5 heteroatoms. The molecule has 0 amide bonds. The molecule has 2 unspecified atom stereocenters. The molecule has 0 saturated heterocycles. The van der Waals surface area contributed by atoms with E-state index >= 15 is 0 Å². The van der Waals surface area contributed by atoms with E-state index in [9.17, 15) is 8.42 Å². The van der Waals surface area contributed by atoms with E-state index in [0.29, 0.717) is 0 Å². The van der Waals surface area contributed by atoms with Gasteiger partial charge >= 0.3 is 0 Å². The lowest BCUT2D eigenvalue weighted by atomic mass is 10.3. The van der Waals surface area contributed by atoms with Gasteiger partial charge in [-0.25, -0.2) is 8.42 Å². The van der Waals surface area contributed by atoms with Gasteiger partial charge in [-0.05, 0) is 20.8 Å². The van der Waals surface area contributed by atoms with Crippen molar-refractivity contribution in [3.8, 4) is 0 Å². The summed E-state index contributed by atoms with van der Waals surface area (Å²) in [5.74, 6) is 0. The monoisotopic (exact) mass is 188 g/mol. The summed E-state index contributed by atoms with van der Waals surface area (Å²) in [6.45, 7) is 5.18. The average molecular weight is 189 g/mol. The van der Waals surface area contributed by atoms with Gasteiger partial charge in [-0.1, -0.05) is 0 Å². The summed E-state index contributed by atoms with van der Waals surface area (Å²) in [4.78, 5) is 0. The van der Waals surface area contributed by atoms with Gasteiger partial charge < -0.3 is 0 Å². The Kier molecular flexibility index (Phi) is 3.33. The van der Waals surface area contributed by atoms with Gasteiger partial charge in [0, 0.05) is 10.7 Å². The Bertz CT molecular complexity index is 149. The van der Waals surface area contributed by atoms with E-state index in [1.54, 1.807) is 20.8 Å². The lowest BCUT2D eigenvalue weighted by Gasteiger charge is -2.12. The van der Waals surface area contributed by atoms with Crippen molar-refractivity contribution in [3.05, 3.63) is 0 Å². The largest absolute Gasteiger partial charge is 0.244 e. The number of halogens is 1. The second-order valence-electron chi connectivity index (χ2n) is 2.54. The van der Waals surface area contributed by atoms with Crippen LogP contribution >= 0.6 is 10.7 Å². The van der Waals surface area contributed by atoms with Crippen molar-refractivity contribution in [3.63, 3.8) is 0 Å². The van der Waals surface area contributed by atoms with Crippen LogP contribution in [0, 0.1) is 0 Å². The second-order valence-corrected chi connectivity index (χ2v) is 7.83. The first-order chi connectivity index (χ1) is 3.85. The highest BCUT2D eigenvalue weighted by Gasteiger charge is 2.23. The van der Waals surface area contributed by atoms with Gasteiger partial charge in [0.1, 0.15) is 9.83 Å². The molecule has 0 fully saturated rings. The SMILES string of the molecule is CC(C)(C)S(=O)S(=O)Cl. The summed E-state index contributed by atoms with van der Waals surface area (Å²) >= 11 is 0. The Morgan fingerprint density at radius 3 is 1.56 bits per heavy atom. The smallest absolute Gasteiger partial charge is 0.206 e. The van der Waals surface area contributed by atoms with Crippen LogP contribution in [-0.2, 0) is 18.9 Å². The van der Waals surface area contributed by atoms with Crippen LogP contribution in [0.4, 0.5) is 0 Å². The molecule has 0 aromatic carbocycles. The van der Waals surface area contributed by atoms with E-state index in [-0.39, 0.29) is 0 Å². The molecule has 2 nitrogen and oxygen atoms in total. The van der Waals surface area contributed by atoms with Gasteiger partial charge in [0.2, 0.25) is 9.05 Å². The number of hydrogen-bond acceptors (Lipinski definition) is 2. The van der Waals surface area contributed by atoms with Crippen molar-refractivity contribution in [2.75, 3.05) is 0 Å². The van der Waals surface area contributed by atoms with Gasteiger partial charge in [-0.2, -0.15) is 0 Å². The highest BCUT2D eigenvalue weighted by Crippen LogP contribution is 2.15. The minimum absolute atomic E-state index is 0.480. The van der Waals surface area contributed by atoms with E-state index in [4.69, 9.17) is 10.7 Å². The topological polar surface area (TPSA) is 34.1 Å². The fraction of sp³-hybridized carbons (Fsp3) is 1.00. The van der Waals surface area contributed by atoms with E-state index in [1.165, 1.54) is 0 Å². The molecule has 9 heavy (non-hydrogen) atoms. The van der Waals surface area contributed by atoms with Crippen LogP contribution < -0.4 is 0 Å². The number of hydrogen-bond donors (Lipinski definition) is 0. The van der Waals surface area contributed by atoms with Crippen LogP contribution in [0.5, 0.6) is 0 Å². The molecule has 0 bridgehead atoms. The van der Waals surface area contributed by atoms with E-state index in [1.807, 2.05) is 0 Å². The Hall–Kier alpha value is 0.590.